The summed E-state index contributed by atoms with van der Waals surface area (Å²) in [5.74, 6) is 0.529. The lowest BCUT2D eigenvalue weighted by Crippen LogP contribution is -2.03. The van der Waals surface area contributed by atoms with Gasteiger partial charge in [-0.2, -0.15) is 0 Å². The van der Waals surface area contributed by atoms with Crippen molar-refractivity contribution in [3.63, 3.8) is 0 Å². The SMILES string of the molecule is COc1ccc2oc3ccc(I)c(O)c3c(=O)c2c1. The Hall–Kier alpha value is -1.76. The van der Waals surface area contributed by atoms with Crippen LogP contribution in [0.25, 0.3) is 21.9 Å². The Balaban J connectivity index is 2.54. The molecule has 4 nitrogen and oxygen atoms in total. The molecule has 0 saturated carbocycles. The van der Waals surface area contributed by atoms with Crippen LogP contribution in [0.15, 0.2) is 39.5 Å². The highest BCUT2D eigenvalue weighted by Gasteiger charge is 2.14. The van der Waals surface area contributed by atoms with Crippen LogP contribution >= 0.6 is 22.6 Å². The molecule has 0 atom stereocenters. The van der Waals surface area contributed by atoms with Crippen molar-refractivity contribution in [3.05, 3.63) is 44.1 Å². The van der Waals surface area contributed by atoms with Crippen LogP contribution in [-0.4, -0.2) is 12.2 Å². The number of fused-ring (bicyclic) bond motifs is 2. The molecule has 0 unspecified atom stereocenters. The molecule has 19 heavy (non-hydrogen) atoms. The van der Waals surface area contributed by atoms with Gasteiger partial charge in [0.2, 0.25) is 5.43 Å². The van der Waals surface area contributed by atoms with Crippen LogP contribution in [-0.2, 0) is 0 Å². The fourth-order valence-corrected chi connectivity index (χ4v) is 2.46. The summed E-state index contributed by atoms with van der Waals surface area (Å²) in [7, 11) is 1.53. The lowest BCUT2D eigenvalue weighted by atomic mass is 10.1. The van der Waals surface area contributed by atoms with Gasteiger partial charge < -0.3 is 14.3 Å². The zero-order valence-corrected chi connectivity index (χ0v) is 12.1. The second-order valence-corrected chi connectivity index (χ2v) is 5.22. The molecule has 0 bridgehead atoms. The molecule has 0 aliphatic carbocycles. The Morgan fingerprint density at radius 1 is 1.21 bits per heavy atom. The molecule has 3 aromatic rings. The molecule has 0 saturated heterocycles. The number of hydrogen-bond donors (Lipinski definition) is 1. The second-order valence-electron chi connectivity index (χ2n) is 4.06. The van der Waals surface area contributed by atoms with Gasteiger partial charge in [-0.15, -0.1) is 0 Å². The molecule has 0 amide bonds. The predicted octanol–water partition coefficient (Wildman–Crippen LogP) is 3.27. The summed E-state index contributed by atoms with van der Waals surface area (Å²) >= 11 is 1.97. The lowest BCUT2D eigenvalue weighted by molar-refractivity contribution is 0.415. The number of phenols is 1. The summed E-state index contributed by atoms with van der Waals surface area (Å²) in [6.45, 7) is 0. The van der Waals surface area contributed by atoms with Crippen molar-refractivity contribution in [1.29, 1.82) is 0 Å². The van der Waals surface area contributed by atoms with Gasteiger partial charge in [0, 0.05) is 0 Å². The molecule has 5 heteroatoms. The third-order valence-corrected chi connectivity index (χ3v) is 3.84. The number of halogens is 1. The van der Waals surface area contributed by atoms with Crippen molar-refractivity contribution in [2.75, 3.05) is 7.11 Å². The first-order chi connectivity index (χ1) is 9.11. The maximum Gasteiger partial charge on any atom is 0.204 e. The first-order valence-electron chi connectivity index (χ1n) is 5.54. The van der Waals surface area contributed by atoms with E-state index in [2.05, 4.69) is 0 Å². The van der Waals surface area contributed by atoms with Crippen LogP contribution in [0.4, 0.5) is 0 Å². The van der Waals surface area contributed by atoms with Crippen molar-refractivity contribution in [3.8, 4) is 11.5 Å². The molecule has 0 fully saturated rings. The quantitative estimate of drug-likeness (QED) is 0.529. The van der Waals surface area contributed by atoms with E-state index in [1.54, 1.807) is 30.3 Å². The predicted molar refractivity (Wildman–Crippen MR) is 80.9 cm³/mol. The summed E-state index contributed by atoms with van der Waals surface area (Å²) in [6, 6.07) is 8.41. The van der Waals surface area contributed by atoms with Gasteiger partial charge in [-0.3, -0.25) is 4.79 Å². The molecule has 0 radical (unpaired) electrons. The van der Waals surface area contributed by atoms with Gasteiger partial charge in [-0.25, -0.2) is 0 Å². The van der Waals surface area contributed by atoms with Crippen LogP contribution in [0.2, 0.25) is 0 Å². The minimum atomic E-state index is -0.258. The fourth-order valence-electron chi connectivity index (χ4n) is 2.01. The molecule has 1 heterocycles. The summed E-state index contributed by atoms with van der Waals surface area (Å²) in [5.41, 5.74) is 0.589. The fraction of sp³-hybridized carbons (Fsp3) is 0.0714. The van der Waals surface area contributed by atoms with Gasteiger partial charge in [-0.1, -0.05) is 0 Å². The van der Waals surface area contributed by atoms with Crippen molar-refractivity contribution in [2.45, 2.75) is 0 Å². The highest BCUT2D eigenvalue weighted by molar-refractivity contribution is 14.1. The molecule has 96 valence electrons. The Kier molecular flexibility index (Phi) is 2.85. The molecule has 0 spiro atoms. The summed E-state index contributed by atoms with van der Waals surface area (Å²) < 4.78 is 11.4. The number of hydrogen-bond acceptors (Lipinski definition) is 4. The average molecular weight is 368 g/mol. The van der Waals surface area contributed by atoms with E-state index in [4.69, 9.17) is 9.15 Å². The smallest absolute Gasteiger partial charge is 0.204 e. The van der Waals surface area contributed by atoms with Crippen LogP contribution in [0.5, 0.6) is 11.5 Å². The number of rotatable bonds is 1. The van der Waals surface area contributed by atoms with E-state index < -0.39 is 0 Å². The summed E-state index contributed by atoms with van der Waals surface area (Å²) in [6.07, 6.45) is 0. The summed E-state index contributed by atoms with van der Waals surface area (Å²) in [4.78, 5) is 12.5. The third-order valence-electron chi connectivity index (χ3n) is 2.97. The Bertz CT molecular complexity index is 851. The Morgan fingerprint density at radius 2 is 1.95 bits per heavy atom. The third kappa shape index (κ3) is 1.85. The Labute approximate surface area is 121 Å². The van der Waals surface area contributed by atoms with E-state index in [0.717, 1.165) is 0 Å². The number of methoxy groups -OCH3 is 1. The maximum atomic E-state index is 12.5. The van der Waals surface area contributed by atoms with E-state index in [1.807, 2.05) is 22.6 Å². The zero-order valence-electron chi connectivity index (χ0n) is 9.94. The van der Waals surface area contributed by atoms with Gasteiger partial charge in [0.25, 0.3) is 0 Å². The minimum absolute atomic E-state index is 0.0448. The molecule has 1 N–H and O–H groups in total. The number of phenolic OH excluding ortho intramolecular Hbond substituents is 1. The van der Waals surface area contributed by atoms with Crippen molar-refractivity contribution in [1.82, 2.24) is 0 Å². The topological polar surface area (TPSA) is 59.7 Å². The average Bonchev–Trinajstić information content (AvgIpc) is 2.43. The van der Waals surface area contributed by atoms with Crippen LogP contribution in [0, 0.1) is 3.57 Å². The standard InChI is InChI=1S/C14H9IO4/c1-18-7-2-4-10-8(6-7)13(16)12-11(19-10)5-3-9(15)14(12)17/h2-6,17H,1H3. The van der Waals surface area contributed by atoms with Crippen molar-refractivity contribution >= 4 is 44.5 Å². The minimum Gasteiger partial charge on any atom is -0.506 e. The number of benzene rings is 2. The molecule has 0 aliphatic rings. The Morgan fingerprint density at radius 3 is 2.68 bits per heavy atom. The second kappa shape index (κ2) is 4.41. The first kappa shape index (κ1) is 12.3. The van der Waals surface area contributed by atoms with E-state index in [0.29, 0.717) is 25.9 Å². The van der Waals surface area contributed by atoms with Gasteiger partial charge >= 0.3 is 0 Å². The molecular formula is C14H9IO4. The van der Waals surface area contributed by atoms with E-state index >= 15 is 0 Å². The van der Waals surface area contributed by atoms with E-state index in [9.17, 15) is 9.90 Å². The molecule has 3 rings (SSSR count). The van der Waals surface area contributed by atoms with Gasteiger partial charge in [0.15, 0.2) is 0 Å². The lowest BCUT2D eigenvalue weighted by Gasteiger charge is -2.05. The molecule has 0 aliphatic heterocycles. The normalized spacial score (nSPS) is 11.1. The van der Waals surface area contributed by atoms with Crippen LogP contribution in [0.3, 0.4) is 0 Å². The van der Waals surface area contributed by atoms with E-state index in [1.165, 1.54) is 7.11 Å². The monoisotopic (exact) mass is 368 g/mol. The van der Waals surface area contributed by atoms with Crippen molar-refractivity contribution < 1.29 is 14.3 Å². The highest BCUT2D eigenvalue weighted by atomic mass is 127. The van der Waals surface area contributed by atoms with E-state index in [-0.39, 0.29) is 16.6 Å². The molecule has 1 aromatic heterocycles. The molecular weight excluding hydrogens is 359 g/mol. The summed E-state index contributed by atoms with van der Waals surface area (Å²) in [5, 5.41) is 10.6. The van der Waals surface area contributed by atoms with Crippen LogP contribution in [0.1, 0.15) is 0 Å². The van der Waals surface area contributed by atoms with Gasteiger partial charge in [0.1, 0.15) is 28.1 Å². The highest BCUT2D eigenvalue weighted by Crippen LogP contribution is 2.30. The zero-order chi connectivity index (χ0) is 13.6. The van der Waals surface area contributed by atoms with Gasteiger partial charge in [0.05, 0.1) is 16.1 Å². The van der Waals surface area contributed by atoms with Crippen molar-refractivity contribution in [2.24, 2.45) is 0 Å². The first-order valence-corrected chi connectivity index (χ1v) is 6.61. The molecule has 2 aromatic carbocycles. The number of aromatic hydroxyl groups is 1. The van der Waals surface area contributed by atoms with Gasteiger partial charge in [-0.05, 0) is 52.9 Å². The number of ether oxygens (including phenoxy) is 1. The largest absolute Gasteiger partial charge is 0.506 e. The maximum absolute atomic E-state index is 12.5. The van der Waals surface area contributed by atoms with Crippen LogP contribution < -0.4 is 10.2 Å².